The van der Waals surface area contributed by atoms with Crippen molar-refractivity contribution >= 4 is 22.3 Å². The molecule has 0 radical (unpaired) electrons. The Bertz CT molecular complexity index is 1150. The van der Waals surface area contributed by atoms with Crippen LogP contribution in [0.3, 0.4) is 0 Å². The normalized spacial score (nSPS) is 19.0. The van der Waals surface area contributed by atoms with Gasteiger partial charge in [0.2, 0.25) is 0 Å². The van der Waals surface area contributed by atoms with Crippen LogP contribution < -0.4 is 15.8 Å². The number of aryl methyl sites for hydroxylation is 1. The van der Waals surface area contributed by atoms with Crippen molar-refractivity contribution in [3.05, 3.63) is 63.8 Å². The summed E-state index contributed by atoms with van der Waals surface area (Å²) in [6.07, 6.45) is 0.747. The minimum absolute atomic E-state index is 0.0477. The fourth-order valence-corrected chi connectivity index (χ4v) is 4.18. The van der Waals surface area contributed by atoms with Crippen molar-refractivity contribution < 1.29 is 18.7 Å². The maximum absolute atomic E-state index is 14.9. The number of rotatable bonds is 5. The van der Waals surface area contributed by atoms with E-state index in [4.69, 9.17) is 9.15 Å². The largest absolute Gasteiger partial charge is 0.508 e. The second-order valence-corrected chi connectivity index (χ2v) is 8.10. The van der Waals surface area contributed by atoms with Gasteiger partial charge >= 0.3 is 5.63 Å². The maximum atomic E-state index is 14.9. The Kier molecular flexibility index (Phi) is 5.87. The van der Waals surface area contributed by atoms with E-state index in [1.54, 1.807) is 6.07 Å². The second kappa shape index (κ2) is 8.59. The van der Waals surface area contributed by atoms with Gasteiger partial charge in [-0.25, -0.2) is 9.18 Å². The Morgan fingerprint density at radius 3 is 2.55 bits per heavy atom. The van der Waals surface area contributed by atoms with E-state index in [0.717, 1.165) is 16.5 Å². The zero-order valence-corrected chi connectivity index (χ0v) is 17.9. The zero-order valence-electron chi connectivity index (χ0n) is 17.9. The van der Waals surface area contributed by atoms with Crippen LogP contribution in [-0.2, 0) is 17.7 Å². The van der Waals surface area contributed by atoms with Gasteiger partial charge in [0, 0.05) is 42.8 Å². The van der Waals surface area contributed by atoms with Crippen LogP contribution in [0.2, 0.25) is 0 Å². The van der Waals surface area contributed by atoms with Gasteiger partial charge in [-0.15, -0.1) is 0 Å². The SMILES string of the molecule is CCc1cc2c(CNc3ccc(N4CC(C)OC(C)C4)c(F)c3)cc(=O)oc2cc1O. The smallest absolute Gasteiger partial charge is 0.336 e. The number of hydrogen-bond acceptors (Lipinski definition) is 6. The lowest BCUT2D eigenvalue weighted by Gasteiger charge is -2.37. The van der Waals surface area contributed by atoms with Gasteiger partial charge < -0.3 is 24.5 Å². The molecule has 31 heavy (non-hydrogen) atoms. The van der Waals surface area contributed by atoms with Crippen LogP contribution in [-0.4, -0.2) is 30.4 Å². The molecule has 1 aliphatic rings. The minimum atomic E-state index is -0.495. The molecule has 6 nitrogen and oxygen atoms in total. The van der Waals surface area contributed by atoms with Gasteiger partial charge in [0.1, 0.15) is 17.1 Å². The molecule has 1 fully saturated rings. The number of aromatic hydroxyl groups is 1. The number of ether oxygens (including phenoxy) is 1. The Morgan fingerprint density at radius 1 is 1.13 bits per heavy atom. The molecule has 1 aliphatic heterocycles. The van der Waals surface area contributed by atoms with Crippen molar-refractivity contribution in [2.24, 2.45) is 0 Å². The Hall–Kier alpha value is -3.06. The Morgan fingerprint density at radius 2 is 1.87 bits per heavy atom. The molecular formula is C24H27FN2O4. The molecule has 1 aromatic heterocycles. The van der Waals surface area contributed by atoms with Crippen molar-refractivity contribution in [3.63, 3.8) is 0 Å². The first-order valence-electron chi connectivity index (χ1n) is 10.6. The molecule has 4 rings (SSSR count). The Balaban J connectivity index is 1.56. The molecule has 164 valence electrons. The van der Waals surface area contributed by atoms with Gasteiger partial charge in [-0.1, -0.05) is 6.92 Å². The molecule has 1 saturated heterocycles. The van der Waals surface area contributed by atoms with Crippen LogP contribution in [0.5, 0.6) is 5.75 Å². The lowest BCUT2D eigenvalue weighted by Crippen LogP contribution is -2.45. The van der Waals surface area contributed by atoms with E-state index in [9.17, 15) is 14.3 Å². The fraction of sp³-hybridized carbons (Fsp3) is 0.375. The predicted octanol–water partition coefficient (Wildman–Crippen LogP) is 4.43. The molecule has 0 amide bonds. The number of benzene rings is 2. The van der Waals surface area contributed by atoms with Gasteiger partial charge in [-0.2, -0.15) is 0 Å². The molecule has 0 aliphatic carbocycles. The number of hydrogen-bond donors (Lipinski definition) is 2. The summed E-state index contributed by atoms with van der Waals surface area (Å²) in [6.45, 7) is 7.53. The number of phenols is 1. The van der Waals surface area contributed by atoms with E-state index < -0.39 is 5.63 Å². The van der Waals surface area contributed by atoms with E-state index >= 15 is 0 Å². The summed E-state index contributed by atoms with van der Waals surface area (Å²) in [4.78, 5) is 14.0. The highest BCUT2D eigenvalue weighted by Crippen LogP contribution is 2.29. The van der Waals surface area contributed by atoms with Crippen molar-refractivity contribution in [2.45, 2.75) is 45.9 Å². The maximum Gasteiger partial charge on any atom is 0.336 e. The number of nitrogens with zero attached hydrogens (tertiary/aromatic N) is 1. The summed E-state index contributed by atoms with van der Waals surface area (Å²) in [5, 5.41) is 14.0. The van der Waals surface area contributed by atoms with Gasteiger partial charge in [-0.3, -0.25) is 0 Å². The molecule has 2 aromatic carbocycles. The van der Waals surface area contributed by atoms with Crippen molar-refractivity contribution in [1.29, 1.82) is 0 Å². The van der Waals surface area contributed by atoms with Crippen LogP contribution >= 0.6 is 0 Å². The topological polar surface area (TPSA) is 74.9 Å². The first-order chi connectivity index (χ1) is 14.8. The zero-order chi connectivity index (χ0) is 22.1. The molecule has 0 bridgehead atoms. The lowest BCUT2D eigenvalue weighted by atomic mass is 10.0. The summed E-state index contributed by atoms with van der Waals surface area (Å²) in [7, 11) is 0. The Labute approximate surface area is 180 Å². The van der Waals surface area contributed by atoms with Crippen molar-refractivity contribution in [3.8, 4) is 5.75 Å². The second-order valence-electron chi connectivity index (χ2n) is 8.10. The number of halogens is 1. The number of anilines is 2. The third kappa shape index (κ3) is 4.51. The quantitative estimate of drug-likeness (QED) is 0.588. The molecule has 3 aromatic rings. The first-order valence-corrected chi connectivity index (χ1v) is 10.6. The number of phenolic OH excluding ortho intramolecular Hbond substituents is 1. The highest BCUT2D eigenvalue weighted by molar-refractivity contribution is 5.83. The van der Waals surface area contributed by atoms with E-state index in [1.165, 1.54) is 18.2 Å². The number of fused-ring (bicyclic) bond motifs is 1. The molecule has 0 spiro atoms. The summed E-state index contributed by atoms with van der Waals surface area (Å²) >= 11 is 0. The summed E-state index contributed by atoms with van der Waals surface area (Å²) in [5.41, 5.74) is 2.50. The monoisotopic (exact) mass is 426 g/mol. The van der Waals surface area contributed by atoms with Crippen LogP contribution in [0.1, 0.15) is 31.9 Å². The van der Waals surface area contributed by atoms with E-state index in [-0.39, 0.29) is 23.8 Å². The number of morpholine rings is 1. The van der Waals surface area contributed by atoms with Crippen LogP contribution in [0.4, 0.5) is 15.8 Å². The van der Waals surface area contributed by atoms with Gasteiger partial charge in [0.15, 0.2) is 0 Å². The average molecular weight is 426 g/mol. The first kappa shape index (κ1) is 21.2. The molecule has 2 N–H and O–H groups in total. The third-order valence-corrected chi connectivity index (χ3v) is 5.60. The highest BCUT2D eigenvalue weighted by atomic mass is 19.1. The predicted molar refractivity (Wildman–Crippen MR) is 119 cm³/mol. The van der Waals surface area contributed by atoms with Crippen LogP contribution in [0.15, 0.2) is 45.6 Å². The molecule has 0 saturated carbocycles. The molecular weight excluding hydrogens is 399 g/mol. The summed E-state index contributed by atoms with van der Waals surface area (Å²) < 4.78 is 25.8. The summed E-state index contributed by atoms with van der Waals surface area (Å²) in [6, 6.07) is 9.80. The van der Waals surface area contributed by atoms with E-state index in [0.29, 0.717) is 43.0 Å². The standard InChI is InChI=1S/C24H27FN2O4/c1-4-16-7-19-17(8-24(29)31-23(19)10-22(16)28)11-26-18-5-6-21(20(25)9-18)27-12-14(2)30-15(3)13-27/h5-10,14-15,26,28H,4,11-13H2,1-3H3. The van der Waals surface area contributed by atoms with Gasteiger partial charge in [-0.05, 0) is 55.7 Å². The van der Waals surface area contributed by atoms with E-state index in [1.807, 2.05) is 37.8 Å². The lowest BCUT2D eigenvalue weighted by molar-refractivity contribution is -0.00539. The minimum Gasteiger partial charge on any atom is -0.508 e. The molecule has 2 unspecified atom stereocenters. The molecule has 2 heterocycles. The average Bonchev–Trinajstić information content (AvgIpc) is 2.70. The fourth-order valence-electron chi connectivity index (χ4n) is 4.18. The van der Waals surface area contributed by atoms with E-state index in [2.05, 4.69) is 5.32 Å². The van der Waals surface area contributed by atoms with Gasteiger partial charge in [0.05, 0.1) is 17.9 Å². The number of nitrogens with one attached hydrogen (secondary N) is 1. The van der Waals surface area contributed by atoms with Crippen molar-refractivity contribution in [2.75, 3.05) is 23.3 Å². The third-order valence-electron chi connectivity index (χ3n) is 5.60. The highest BCUT2D eigenvalue weighted by Gasteiger charge is 2.24. The van der Waals surface area contributed by atoms with Crippen LogP contribution in [0, 0.1) is 5.82 Å². The van der Waals surface area contributed by atoms with Crippen LogP contribution in [0.25, 0.3) is 11.0 Å². The molecule has 2 atom stereocenters. The molecule has 7 heteroatoms. The van der Waals surface area contributed by atoms with Crippen molar-refractivity contribution in [1.82, 2.24) is 0 Å². The summed E-state index contributed by atoms with van der Waals surface area (Å²) in [5.74, 6) is -0.199. The van der Waals surface area contributed by atoms with Gasteiger partial charge in [0.25, 0.3) is 0 Å².